The van der Waals surface area contributed by atoms with Crippen molar-refractivity contribution in [2.24, 2.45) is 11.3 Å². The second kappa shape index (κ2) is 4.01. The third-order valence-electron chi connectivity index (χ3n) is 4.76. The second-order valence-electron chi connectivity index (χ2n) is 6.02. The van der Waals surface area contributed by atoms with Crippen LogP contribution in [0.4, 0.5) is 0 Å². The summed E-state index contributed by atoms with van der Waals surface area (Å²) in [7, 11) is 0. The summed E-state index contributed by atoms with van der Waals surface area (Å²) in [5, 5.41) is 10.2. The Hall–Kier alpha value is -1.05. The lowest BCUT2D eigenvalue weighted by atomic mass is 9.59. The quantitative estimate of drug-likeness (QED) is 0.645. The van der Waals surface area contributed by atoms with Crippen molar-refractivity contribution in [3.63, 3.8) is 0 Å². The standard InChI is InChI=1S/C15H22O2/c1-9(2)11-8-15(4)10(3)6-5-7-12(15)14(17)13(11)16/h10,17H,5-8H2,1-4H3/t10-,15+/m0/s1. The first kappa shape index (κ1) is 12.4. The van der Waals surface area contributed by atoms with Crippen LogP contribution in [0.15, 0.2) is 22.5 Å². The number of ketones is 1. The summed E-state index contributed by atoms with van der Waals surface area (Å²) >= 11 is 0. The Bertz CT molecular complexity index is 424. The van der Waals surface area contributed by atoms with Gasteiger partial charge in [-0.3, -0.25) is 4.79 Å². The van der Waals surface area contributed by atoms with Crippen LogP contribution >= 0.6 is 0 Å². The van der Waals surface area contributed by atoms with Gasteiger partial charge in [0.1, 0.15) is 0 Å². The molecule has 2 aliphatic carbocycles. The molecule has 0 unspecified atom stereocenters. The van der Waals surface area contributed by atoms with Crippen molar-refractivity contribution in [1.29, 1.82) is 0 Å². The van der Waals surface area contributed by atoms with Crippen molar-refractivity contribution in [1.82, 2.24) is 0 Å². The normalized spacial score (nSPS) is 33.8. The molecule has 2 atom stereocenters. The van der Waals surface area contributed by atoms with Gasteiger partial charge in [-0.25, -0.2) is 0 Å². The number of aliphatic hydroxyl groups is 1. The number of rotatable bonds is 0. The average molecular weight is 234 g/mol. The van der Waals surface area contributed by atoms with Gasteiger partial charge in [-0.1, -0.05) is 19.4 Å². The summed E-state index contributed by atoms with van der Waals surface area (Å²) in [5.41, 5.74) is 2.86. The minimum atomic E-state index is -0.133. The van der Waals surface area contributed by atoms with Gasteiger partial charge in [-0.15, -0.1) is 0 Å². The molecule has 0 bridgehead atoms. The SMILES string of the molecule is CC(C)=C1C[C@@]2(C)C(=C(O)C1=O)CCC[C@@H]2C. The molecule has 0 saturated heterocycles. The number of fused-ring (bicyclic) bond motifs is 1. The van der Waals surface area contributed by atoms with E-state index in [9.17, 15) is 9.90 Å². The molecule has 0 amide bonds. The van der Waals surface area contributed by atoms with Crippen molar-refractivity contribution in [2.45, 2.75) is 53.4 Å². The molecule has 2 heteroatoms. The Labute approximate surface area is 103 Å². The van der Waals surface area contributed by atoms with Gasteiger partial charge < -0.3 is 5.11 Å². The van der Waals surface area contributed by atoms with Crippen molar-refractivity contribution in [2.75, 3.05) is 0 Å². The maximum atomic E-state index is 12.1. The number of carbonyl (C=O) groups excluding carboxylic acids is 1. The summed E-state index contributed by atoms with van der Waals surface area (Å²) in [5.74, 6) is 0.448. The molecule has 0 heterocycles. The summed E-state index contributed by atoms with van der Waals surface area (Å²) < 4.78 is 0. The predicted molar refractivity (Wildman–Crippen MR) is 68.8 cm³/mol. The van der Waals surface area contributed by atoms with Gasteiger partial charge in [0.05, 0.1) is 0 Å². The lowest BCUT2D eigenvalue weighted by Crippen LogP contribution is -2.38. The minimum absolute atomic E-state index is 0.0111. The largest absolute Gasteiger partial charge is 0.504 e. The molecular formula is C15H22O2. The van der Waals surface area contributed by atoms with E-state index < -0.39 is 0 Å². The van der Waals surface area contributed by atoms with Gasteiger partial charge in [-0.2, -0.15) is 0 Å². The number of Topliss-reactive ketones (excluding diaryl/α,β-unsaturated/α-hetero) is 1. The first-order valence-electron chi connectivity index (χ1n) is 6.51. The molecule has 0 aromatic rings. The van der Waals surface area contributed by atoms with Crippen LogP contribution in [-0.2, 0) is 4.79 Å². The van der Waals surface area contributed by atoms with Crippen molar-refractivity contribution >= 4 is 5.78 Å². The molecule has 1 fully saturated rings. The molecule has 0 aromatic carbocycles. The Morgan fingerprint density at radius 1 is 1.41 bits per heavy atom. The molecular weight excluding hydrogens is 212 g/mol. The zero-order valence-corrected chi connectivity index (χ0v) is 11.3. The van der Waals surface area contributed by atoms with E-state index in [-0.39, 0.29) is 17.0 Å². The Kier molecular flexibility index (Phi) is 2.92. The zero-order chi connectivity index (χ0) is 12.8. The average Bonchev–Trinajstić information content (AvgIpc) is 2.26. The number of allylic oxidation sites excluding steroid dienone is 3. The fraction of sp³-hybridized carbons (Fsp3) is 0.667. The van der Waals surface area contributed by atoms with E-state index in [1.54, 1.807) is 0 Å². The van der Waals surface area contributed by atoms with E-state index in [2.05, 4.69) is 13.8 Å². The molecule has 2 rings (SSSR count). The zero-order valence-electron chi connectivity index (χ0n) is 11.3. The molecule has 0 aromatic heterocycles. The number of aliphatic hydroxyl groups excluding tert-OH is 1. The lowest BCUT2D eigenvalue weighted by molar-refractivity contribution is -0.116. The molecule has 17 heavy (non-hydrogen) atoms. The minimum Gasteiger partial charge on any atom is -0.504 e. The van der Waals surface area contributed by atoms with E-state index in [1.807, 2.05) is 13.8 Å². The van der Waals surface area contributed by atoms with E-state index in [0.29, 0.717) is 5.92 Å². The van der Waals surface area contributed by atoms with E-state index in [0.717, 1.165) is 36.0 Å². The Morgan fingerprint density at radius 3 is 2.65 bits per heavy atom. The van der Waals surface area contributed by atoms with Crippen molar-refractivity contribution in [3.05, 3.63) is 22.5 Å². The molecule has 1 saturated carbocycles. The third kappa shape index (κ3) is 1.74. The third-order valence-corrected chi connectivity index (χ3v) is 4.76. The topological polar surface area (TPSA) is 37.3 Å². The lowest BCUT2D eigenvalue weighted by Gasteiger charge is -2.45. The maximum Gasteiger partial charge on any atom is 0.223 e. The second-order valence-corrected chi connectivity index (χ2v) is 6.02. The molecule has 2 aliphatic rings. The highest BCUT2D eigenvalue weighted by Gasteiger charge is 2.45. The number of hydrogen-bond donors (Lipinski definition) is 1. The van der Waals surface area contributed by atoms with Gasteiger partial charge >= 0.3 is 0 Å². The molecule has 94 valence electrons. The van der Waals surface area contributed by atoms with Crippen LogP contribution in [0.2, 0.25) is 0 Å². The molecule has 1 N–H and O–H groups in total. The summed E-state index contributed by atoms with van der Waals surface area (Å²) in [6.07, 6.45) is 3.97. The van der Waals surface area contributed by atoms with E-state index in [1.165, 1.54) is 6.42 Å². The fourth-order valence-corrected chi connectivity index (χ4v) is 3.29. The smallest absolute Gasteiger partial charge is 0.223 e. The van der Waals surface area contributed by atoms with Gasteiger partial charge in [0.25, 0.3) is 0 Å². The maximum absolute atomic E-state index is 12.1. The monoisotopic (exact) mass is 234 g/mol. The van der Waals surface area contributed by atoms with Crippen molar-refractivity contribution in [3.8, 4) is 0 Å². The van der Waals surface area contributed by atoms with Gasteiger partial charge in [0.15, 0.2) is 5.76 Å². The molecule has 0 aliphatic heterocycles. The molecule has 2 nitrogen and oxygen atoms in total. The van der Waals surface area contributed by atoms with Crippen LogP contribution in [0.25, 0.3) is 0 Å². The van der Waals surface area contributed by atoms with Crippen LogP contribution in [-0.4, -0.2) is 10.9 Å². The molecule has 0 spiro atoms. The highest BCUT2D eigenvalue weighted by Crippen LogP contribution is 2.52. The van der Waals surface area contributed by atoms with Crippen LogP contribution in [0.5, 0.6) is 0 Å². The fourth-order valence-electron chi connectivity index (χ4n) is 3.29. The number of hydrogen-bond acceptors (Lipinski definition) is 2. The first-order chi connectivity index (χ1) is 7.88. The van der Waals surface area contributed by atoms with Crippen molar-refractivity contribution < 1.29 is 9.90 Å². The van der Waals surface area contributed by atoms with E-state index in [4.69, 9.17) is 0 Å². The highest BCUT2D eigenvalue weighted by atomic mass is 16.3. The van der Waals surface area contributed by atoms with Crippen LogP contribution in [0.1, 0.15) is 53.4 Å². The summed E-state index contributed by atoms with van der Waals surface area (Å²) in [6, 6.07) is 0. The first-order valence-corrected chi connectivity index (χ1v) is 6.51. The number of carbonyl (C=O) groups is 1. The van der Waals surface area contributed by atoms with Gasteiger partial charge in [0.2, 0.25) is 5.78 Å². The Morgan fingerprint density at radius 2 is 2.06 bits per heavy atom. The van der Waals surface area contributed by atoms with Crippen LogP contribution in [0, 0.1) is 11.3 Å². The summed E-state index contributed by atoms with van der Waals surface area (Å²) in [6.45, 7) is 8.37. The van der Waals surface area contributed by atoms with Gasteiger partial charge in [0, 0.05) is 5.57 Å². The highest BCUT2D eigenvalue weighted by molar-refractivity contribution is 6.08. The molecule has 0 radical (unpaired) electrons. The van der Waals surface area contributed by atoms with E-state index >= 15 is 0 Å². The summed E-state index contributed by atoms with van der Waals surface area (Å²) in [4.78, 5) is 12.1. The van der Waals surface area contributed by atoms with Crippen LogP contribution < -0.4 is 0 Å². The van der Waals surface area contributed by atoms with Gasteiger partial charge in [-0.05, 0) is 56.4 Å². The van der Waals surface area contributed by atoms with Crippen LogP contribution in [0.3, 0.4) is 0 Å². The Balaban J connectivity index is 2.58. The predicted octanol–water partition coefficient (Wildman–Crippen LogP) is 3.93.